The van der Waals surface area contributed by atoms with Crippen LogP contribution in [0.2, 0.25) is 0 Å². The fraction of sp³-hybridized carbons (Fsp3) is 0.810. The van der Waals surface area contributed by atoms with Gasteiger partial charge in [-0.05, 0) is 20.8 Å². The van der Waals surface area contributed by atoms with Crippen LogP contribution in [0.25, 0.3) is 0 Å². The molecule has 0 fully saturated rings. The normalized spacial score (nSPS) is 11.7. The van der Waals surface area contributed by atoms with Crippen LogP contribution < -0.4 is 10.6 Å². The molecule has 0 heterocycles. The van der Waals surface area contributed by atoms with Crippen molar-refractivity contribution < 1.29 is 56.0 Å². The van der Waals surface area contributed by atoms with E-state index in [0.717, 1.165) is 0 Å². The van der Waals surface area contributed by atoms with Crippen molar-refractivity contribution >= 4 is 23.9 Å². The number of esters is 2. The van der Waals surface area contributed by atoms with Gasteiger partial charge in [-0.15, -0.1) is 0 Å². The fourth-order valence-corrected chi connectivity index (χ4v) is 2.35. The molecule has 0 bridgehead atoms. The first-order valence-electron chi connectivity index (χ1n) is 11.2. The monoisotopic (exact) mass is 531 g/mol. The number of halogens is 3. The SMILES string of the molecule is CC(=O)OCCN(CCOC(=O)NCCOCCOCCNC(=O)C(F)(F)F)CC(=O)OC(C)(C)C. The maximum atomic E-state index is 12.1. The molecule has 0 unspecified atom stereocenters. The molecule has 210 valence electrons. The second kappa shape index (κ2) is 17.7. The van der Waals surface area contributed by atoms with Gasteiger partial charge in [0.2, 0.25) is 0 Å². The van der Waals surface area contributed by atoms with Crippen molar-refractivity contribution in [2.45, 2.75) is 39.5 Å². The van der Waals surface area contributed by atoms with Gasteiger partial charge in [-0.25, -0.2) is 4.79 Å². The minimum Gasteiger partial charge on any atom is -0.465 e. The number of alkyl carbamates (subject to hydrolysis) is 1. The zero-order valence-corrected chi connectivity index (χ0v) is 21.0. The van der Waals surface area contributed by atoms with Gasteiger partial charge >= 0.3 is 30.1 Å². The van der Waals surface area contributed by atoms with E-state index in [0.29, 0.717) is 0 Å². The van der Waals surface area contributed by atoms with Crippen LogP contribution in [0.1, 0.15) is 27.7 Å². The van der Waals surface area contributed by atoms with Crippen molar-refractivity contribution in [1.82, 2.24) is 15.5 Å². The largest absolute Gasteiger partial charge is 0.471 e. The van der Waals surface area contributed by atoms with Crippen LogP contribution in [-0.2, 0) is 38.1 Å². The Bertz CT molecular complexity index is 686. The summed E-state index contributed by atoms with van der Waals surface area (Å²) in [5, 5.41) is 4.13. The Morgan fingerprint density at radius 3 is 1.81 bits per heavy atom. The summed E-state index contributed by atoms with van der Waals surface area (Å²) in [6.45, 7) is 6.98. The maximum Gasteiger partial charge on any atom is 0.471 e. The molecule has 0 radical (unpaired) electrons. The first-order valence-corrected chi connectivity index (χ1v) is 11.2. The molecule has 2 N–H and O–H groups in total. The van der Waals surface area contributed by atoms with Crippen molar-refractivity contribution in [3.8, 4) is 0 Å². The molecule has 0 saturated carbocycles. The van der Waals surface area contributed by atoms with Crippen LogP contribution in [0.3, 0.4) is 0 Å². The molecule has 0 aliphatic carbocycles. The Labute approximate surface area is 208 Å². The highest BCUT2D eigenvalue weighted by molar-refractivity contribution is 5.81. The fourth-order valence-electron chi connectivity index (χ4n) is 2.35. The first-order chi connectivity index (χ1) is 16.7. The lowest BCUT2D eigenvalue weighted by molar-refractivity contribution is -0.173. The van der Waals surface area contributed by atoms with Crippen molar-refractivity contribution in [3.05, 3.63) is 0 Å². The minimum atomic E-state index is -4.93. The van der Waals surface area contributed by atoms with Gasteiger partial charge in [0.15, 0.2) is 0 Å². The molecule has 0 aromatic carbocycles. The molecule has 0 aromatic heterocycles. The Balaban J connectivity index is 3.96. The van der Waals surface area contributed by atoms with E-state index in [4.69, 9.17) is 23.7 Å². The zero-order valence-electron chi connectivity index (χ0n) is 21.0. The number of nitrogens with zero attached hydrogens (tertiary/aromatic N) is 1. The summed E-state index contributed by atoms with van der Waals surface area (Å²) in [5.74, 6) is -2.95. The molecule has 0 saturated heterocycles. The molecule has 36 heavy (non-hydrogen) atoms. The summed E-state index contributed by atoms with van der Waals surface area (Å²) in [7, 11) is 0. The van der Waals surface area contributed by atoms with Crippen LogP contribution in [0, 0.1) is 0 Å². The van der Waals surface area contributed by atoms with E-state index in [1.54, 1.807) is 31.0 Å². The standard InChI is InChI=1S/C21H36F3N3O9/c1-16(28)34-11-7-27(15-17(29)36-20(2,3)4)8-12-35-19(31)26-6-10-33-14-13-32-9-5-25-18(30)21(22,23)24/h5-15H2,1-4H3,(H,25,30)(H,26,31). The summed E-state index contributed by atoms with van der Waals surface area (Å²) < 4.78 is 61.3. The van der Waals surface area contributed by atoms with Gasteiger partial charge in [0, 0.05) is 33.1 Å². The summed E-state index contributed by atoms with van der Waals surface area (Å²) >= 11 is 0. The van der Waals surface area contributed by atoms with Gasteiger partial charge in [-0.3, -0.25) is 19.3 Å². The number of hydrogen-bond acceptors (Lipinski definition) is 10. The van der Waals surface area contributed by atoms with E-state index in [9.17, 15) is 32.3 Å². The van der Waals surface area contributed by atoms with Gasteiger partial charge in [0.05, 0.1) is 33.0 Å². The Morgan fingerprint density at radius 2 is 1.31 bits per heavy atom. The van der Waals surface area contributed by atoms with Gasteiger partial charge < -0.3 is 34.3 Å². The summed E-state index contributed by atoms with van der Waals surface area (Å²) in [4.78, 5) is 47.0. The van der Waals surface area contributed by atoms with Crippen LogP contribution in [0.5, 0.6) is 0 Å². The van der Waals surface area contributed by atoms with Crippen LogP contribution in [-0.4, -0.2) is 113 Å². The molecule has 15 heteroatoms. The van der Waals surface area contributed by atoms with Gasteiger partial charge in [-0.1, -0.05) is 0 Å². The van der Waals surface area contributed by atoms with E-state index in [-0.39, 0.29) is 72.4 Å². The van der Waals surface area contributed by atoms with E-state index in [2.05, 4.69) is 5.32 Å². The second-order valence-corrected chi connectivity index (χ2v) is 8.24. The highest BCUT2D eigenvalue weighted by Gasteiger charge is 2.38. The molecule has 12 nitrogen and oxygen atoms in total. The molecular formula is C21H36F3N3O9. The van der Waals surface area contributed by atoms with Crippen LogP contribution in [0.15, 0.2) is 0 Å². The van der Waals surface area contributed by atoms with Gasteiger partial charge in [0.25, 0.3) is 0 Å². The number of ether oxygens (including phenoxy) is 5. The smallest absolute Gasteiger partial charge is 0.465 e. The van der Waals surface area contributed by atoms with E-state index in [1.165, 1.54) is 6.92 Å². The van der Waals surface area contributed by atoms with Crippen molar-refractivity contribution in [1.29, 1.82) is 0 Å². The highest BCUT2D eigenvalue weighted by Crippen LogP contribution is 2.13. The van der Waals surface area contributed by atoms with Crippen molar-refractivity contribution in [2.24, 2.45) is 0 Å². The second-order valence-electron chi connectivity index (χ2n) is 8.24. The Morgan fingerprint density at radius 1 is 0.778 bits per heavy atom. The summed E-state index contributed by atoms with van der Waals surface area (Å²) in [5.41, 5.74) is -0.655. The zero-order chi connectivity index (χ0) is 27.6. The average molecular weight is 532 g/mol. The van der Waals surface area contributed by atoms with Crippen LogP contribution >= 0.6 is 0 Å². The summed E-state index contributed by atoms with van der Waals surface area (Å²) in [6, 6.07) is 0. The first kappa shape index (κ1) is 33.4. The third-order valence-corrected chi connectivity index (χ3v) is 3.80. The topological polar surface area (TPSA) is 142 Å². The molecular weight excluding hydrogens is 495 g/mol. The van der Waals surface area contributed by atoms with Crippen LogP contribution in [0.4, 0.5) is 18.0 Å². The van der Waals surface area contributed by atoms with Gasteiger partial charge in [-0.2, -0.15) is 13.2 Å². The predicted octanol–water partition coefficient (Wildman–Crippen LogP) is 0.631. The quantitative estimate of drug-likeness (QED) is 0.156. The number of carbonyl (C=O) groups excluding carboxylic acids is 4. The third kappa shape index (κ3) is 20.7. The molecule has 0 atom stereocenters. The van der Waals surface area contributed by atoms with E-state index < -0.39 is 35.7 Å². The van der Waals surface area contributed by atoms with Crippen molar-refractivity contribution in [2.75, 3.05) is 72.4 Å². The number of amides is 2. The van der Waals surface area contributed by atoms with Crippen molar-refractivity contribution in [3.63, 3.8) is 0 Å². The number of alkyl halides is 3. The Kier molecular flexibility index (Phi) is 16.4. The maximum absolute atomic E-state index is 12.1. The number of hydrogen-bond donors (Lipinski definition) is 2. The van der Waals surface area contributed by atoms with Gasteiger partial charge in [0.1, 0.15) is 18.8 Å². The number of carbonyl (C=O) groups is 4. The molecule has 0 spiro atoms. The molecule has 0 aliphatic rings. The lowest BCUT2D eigenvalue weighted by Gasteiger charge is -2.24. The number of nitrogens with one attached hydrogen (secondary N) is 2. The lowest BCUT2D eigenvalue weighted by atomic mass is 10.2. The average Bonchev–Trinajstić information content (AvgIpc) is 2.72. The van der Waals surface area contributed by atoms with E-state index in [1.807, 2.05) is 0 Å². The molecule has 0 aromatic rings. The number of rotatable bonds is 17. The Hall–Kier alpha value is -2.65. The lowest BCUT2D eigenvalue weighted by Crippen LogP contribution is -2.39. The minimum absolute atomic E-state index is 0.0335. The molecule has 0 aliphatic heterocycles. The van der Waals surface area contributed by atoms with E-state index >= 15 is 0 Å². The molecule has 0 rings (SSSR count). The highest BCUT2D eigenvalue weighted by atomic mass is 19.4. The molecule has 2 amide bonds. The third-order valence-electron chi connectivity index (χ3n) is 3.80. The summed E-state index contributed by atoms with van der Waals surface area (Å²) in [6.07, 6.45) is -5.63. The predicted molar refractivity (Wildman–Crippen MR) is 119 cm³/mol.